The minimum atomic E-state index is -0.830. The molecule has 37 heavy (non-hydrogen) atoms. The van der Waals surface area contributed by atoms with Gasteiger partial charge in [-0.15, -0.1) is 0 Å². The molecule has 0 spiro atoms. The minimum absolute atomic E-state index is 0.0462. The van der Waals surface area contributed by atoms with E-state index in [1.54, 1.807) is 0 Å². The van der Waals surface area contributed by atoms with Gasteiger partial charge in [-0.2, -0.15) is 0 Å². The Morgan fingerprint density at radius 1 is 0.919 bits per heavy atom. The van der Waals surface area contributed by atoms with Crippen LogP contribution in [0.3, 0.4) is 0 Å². The molecule has 5 amide bonds. The molecule has 12 heteroatoms. The summed E-state index contributed by atoms with van der Waals surface area (Å²) in [6, 6.07) is 8.43. The van der Waals surface area contributed by atoms with E-state index < -0.39 is 17.9 Å². The number of amidine groups is 1. The van der Waals surface area contributed by atoms with Gasteiger partial charge in [0.2, 0.25) is 17.7 Å². The molecule has 1 aliphatic rings. The zero-order valence-electron chi connectivity index (χ0n) is 20.7. The number of hydrogen-bond donors (Lipinski definition) is 5. The van der Waals surface area contributed by atoms with E-state index in [1.807, 2.05) is 30.3 Å². The van der Waals surface area contributed by atoms with E-state index in [0.29, 0.717) is 32.2 Å². The maximum atomic E-state index is 12.4. The molecule has 0 unspecified atom stereocenters. The lowest BCUT2D eigenvalue weighted by atomic mass is 10.1. The molecule has 2 rings (SSSR count). The number of unbranched alkanes of at least 4 members (excludes halogenated alkanes) is 2. The van der Waals surface area contributed by atoms with Gasteiger partial charge in [0.15, 0.2) is 0 Å². The molecule has 0 bridgehead atoms. The second-order valence-electron chi connectivity index (χ2n) is 8.37. The van der Waals surface area contributed by atoms with Crippen LogP contribution in [0.4, 0.5) is 0 Å². The van der Waals surface area contributed by atoms with Gasteiger partial charge in [-0.3, -0.25) is 33.9 Å². The number of nitrogens with zero attached hydrogens (tertiary/aromatic N) is 2. The largest absolute Gasteiger partial charge is 0.395 e. The molecular weight excluding hydrogens is 480 g/mol. The van der Waals surface area contributed by atoms with Gasteiger partial charge in [-0.05, 0) is 18.4 Å². The predicted octanol–water partition coefficient (Wildman–Crippen LogP) is -1.22. The van der Waals surface area contributed by atoms with E-state index in [-0.39, 0.29) is 56.2 Å². The summed E-state index contributed by atoms with van der Waals surface area (Å²) in [5.41, 5.74) is 6.80. The maximum Gasteiger partial charge on any atom is 0.253 e. The van der Waals surface area contributed by atoms with E-state index in [1.165, 1.54) is 12.2 Å². The van der Waals surface area contributed by atoms with Crippen LogP contribution in [0.2, 0.25) is 0 Å². The van der Waals surface area contributed by atoms with Crippen LogP contribution < -0.4 is 21.7 Å². The van der Waals surface area contributed by atoms with Gasteiger partial charge in [-0.25, -0.2) is 0 Å². The highest BCUT2D eigenvalue weighted by atomic mass is 16.3. The first kappa shape index (κ1) is 29.2. The second-order valence-corrected chi connectivity index (χ2v) is 8.37. The molecule has 0 saturated carbocycles. The number of nitrogens with two attached hydrogens (primary N) is 1. The van der Waals surface area contributed by atoms with E-state index >= 15 is 0 Å². The van der Waals surface area contributed by atoms with Gasteiger partial charge < -0.3 is 26.8 Å². The monoisotopic (exact) mass is 514 g/mol. The van der Waals surface area contributed by atoms with Crippen molar-refractivity contribution in [3.63, 3.8) is 0 Å². The third-order valence-corrected chi connectivity index (χ3v) is 5.41. The quantitative estimate of drug-likeness (QED) is 0.0792. The fourth-order valence-corrected chi connectivity index (χ4v) is 3.48. The lowest BCUT2D eigenvalue weighted by Crippen LogP contribution is -2.42. The van der Waals surface area contributed by atoms with Crippen molar-refractivity contribution in [2.75, 3.05) is 32.8 Å². The van der Waals surface area contributed by atoms with Crippen LogP contribution in [0.25, 0.3) is 0 Å². The normalized spacial score (nSPS) is 14.0. The Morgan fingerprint density at radius 3 is 2.27 bits per heavy atom. The summed E-state index contributed by atoms with van der Waals surface area (Å²) < 4.78 is 0. The van der Waals surface area contributed by atoms with Crippen molar-refractivity contribution < 1.29 is 29.1 Å². The third kappa shape index (κ3) is 11.0. The third-order valence-electron chi connectivity index (χ3n) is 5.41. The number of imide groups is 1. The number of rotatable bonds is 16. The number of carbonyl (C=O) groups is 5. The highest BCUT2D eigenvalue weighted by Crippen LogP contribution is 2.08. The number of carbonyl (C=O) groups excluding carboxylic acids is 5. The summed E-state index contributed by atoms with van der Waals surface area (Å²) >= 11 is 0. The molecule has 0 saturated heterocycles. The van der Waals surface area contributed by atoms with Crippen LogP contribution in [-0.4, -0.2) is 84.2 Å². The first-order valence-electron chi connectivity index (χ1n) is 12.1. The summed E-state index contributed by atoms with van der Waals surface area (Å²) in [4.78, 5) is 64.8. The Hall–Kier alpha value is -4.06. The fraction of sp³-hybridized carbons (Fsp3) is 0.440. The van der Waals surface area contributed by atoms with Crippen molar-refractivity contribution in [2.45, 2.75) is 38.1 Å². The topological polar surface area (TPSA) is 183 Å². The Kier molecular flexibility index (Phi) is 12.5. The van der Waals surface area contributed by atoms with E-state index in [9.17, 15) is 24.0 Å². The lowest BCUT2D eigenvalue weighted by molar-refractivity contribution is -0.137. The summed E-state index contributed by atoms with van der Waals surface area (Å²) in [5.74, 6) is -1.75. The number of nitrogens with one attached hydrogen (secondary N) is 3. The molecule has 1 atom stereocenters. The number of amides is 5. The molecule has 200 valence electrons. The number of benzene rings is 1. The van der Waals surface area contributed by atoms with Crippen molar-refractivity contribution in [2.24, 2.45) is 10.7 Å². The number of aliphatic hydroxyl groups is 1. The van der Waals surface area contributed by atoms with Gasteiger partial charge in [-0.1, -0.05) is 36.8 Å². The summed E-state index contributed by atoms with van der Waals surface area (Å²) in [7, 11) is 0. The predicted molar refractivity (Wildman–Crippen MR) is 136 cm³/mol. The summed E-state index contributed by atoms with van der Waals surface area (Å²) in [6.07, 6.45) is 4.77. The number of aliphatic hydroxyl groups excluding tert-OH is 1. The molecule has 1 aromatic carbocycles. The lowest BCUT2D eigenvalue weighted by Gasteiger charge is -2.14. The Morgan fingerprint density at radius 2 is 1.59 bits per heavy atom. The van der Waals surface area contributed by atoms with Gasteiger partial charge in [0.25, 0.3) is 11.8 Å². The van der Waals surface area contributed by atoms with Gasteiger partial charge in [0, 0.05) is 38.1 Å². The second kappa shape index (κ2) is 15.8. The zero-order chi connectivity index (χ0) is 27.0. The average Bonchev–Trinajstić information content (AvgIpc) is 3.21. The Balaban J connectivity index is 1.68. The van der Waals surface area contributed by atoms with Crippen molar-refractivity contribution in [1.29, 1.82) is 0 Å². The average molecular weight is 515 g/mol. The highest BCUT2D eigenvalue weighted by Gasteiger charge is 2.22. The van der Waals surface area contributed by atoms with Crippen LogP contribution in [0, 0.1) is 0 Å². The first-order chi connectivity index (χ1) is 17.8. The van der Waals surface area contributed by atoms with Gasteiger partial charge in [0.05, 0.1) is 19.7 Å². The van der Waals surface area contributed by atoms with Crippen molar-refractivity contribution >= 4 is 35.4 Å². The van der Waals surface area contributed by atoms with E-state index in [4.69, 9.17) is 10.8 Å². The number of aliphatic imine (C=N–C) groups is 1. The highest BCUT2D eigenvalue weighted by molar-refractivity contribution is 6.12. The molecule has 1 heterocycles. The first-order valence-corrected chi connectivity index (χ1v) is 12.1. The zero-order valence-corrected chi connectivity index (χ0v) is 20.7. The van der Waals surface area contributed by atoms with Crippen molar-refractivity contribution in [1.82, 2.24) is 20.9 Å². The molecule has 6 N–H and O–H groups in total. The van der Waals surface area contributed by atoms with Crippen LogP contribution in [0.5, 0.6) is 0 Å². The van der Waals surface area contributed by atoms with Gasteiger partial charge >= 0.3 is 0 Å². The van der Waals surface area contributed by atoms with Crippen molar-refractivity contribution in [3.8, 4) is 0 Å². The van der Waals surface area contributed by atoms with Crippen LogP contribution >= 0.6 is 0 Å². The minimum Gasteiger partial charge on any atom is -0.395 e. The van der Waals surface area contributed by atoms with E-state index in [2.05, 4.69) is 20.9 Å². The molecule has 12 nitrogen and oxygen atoms in total. The molecule has 0 aliphatic carbocycles. The maximum absolute atomic E-state index is 12.4. The van der Waals surface area contributed by atoms with E-state index in [0.717, 1.165) is 10.5 Å². The molecular formula is C25H34N6O6. The standard InChI is InChI=1S/C25H34N6O6/c26-20(30-19(25(37)27-12-14-32)15-18-7-3-1-4-8-18)16-28-22(34)17-29-21(33)9-5-2-6-13-31-23(35)10-11-24(31)36/h1,3-4,7-8,10-11,19,32H,2,5-6,9,12-17H2,(H2,26,30)(H,27,37)(H,28,34)(H,29,33)/t19-/m1/s1. The SMILES string of the molecule is NC(CNC(=O)CNC(=O)CCCCCN1C(=O)C=CC1=O)=N[C@H](Cc1ccccc1)C(=O)NCCO. The molecule has 1 aliphatic heterocycles. The van der Waals surface area contributed by atoms with Crippen LogP contribution in [0.15, 0.2) is 47.5 Å². The Bertz CT molecular complexity index is 992. The number of hydrogen-bond acceptors (Lipinski definition) is 7. The molecule has 1 aromatic rings. The fourth-order valence-electron chi connectivity index (χ4n) is 3.48. The van der Waals surface area contributed by atoms with Crippen LogP contribution in [-0.2, 0) is 30.4 Å². The van der Waals surface area contributed by atoms with Gasteiger partial charge in [0.1, 0.15) is 11.9 Å². The molecule has 0 radical (unpaired) electrons. The summed E-state index contributed by atoms with van der Waals surface area (Å²) in [5, 5.41) is 16.6. The Labute approximate surface area is 215 Å². The summed E-state index contributed by atoms with van der Waals surface area (Å²) in [6.45, 7) is -0.142. The molecule has 0 fully saturated rings. The molecule has 0 aromatic heterocycles. The van der Waals surface area contributed by atoms with Crippen LogP contribution in [0.1, 0.15) is 31.2 Å². The smallest absolute Gasteiger partial charge is 0.253 e. The van der Waals surface area contributed by atoms with Crippen molar-refractivity contribution in [3.05, 3.63) is 48.0 Å².